The molecule has 3 amide bonds. The van der Waals surface area contributed by atoms with E-state index in [1.807, 2.05) is 34.9 Å². The fourth-order valence-electron chi connectivity index (χ4n) is 6.61. The zero-order valence-electron chi connectivity index (χ0n) is 26.1. The molecule has 0 aromatic rings. The smallest absolute Gasteiger partial charge is 0.328 e. The third kappa shape index (κ3) is 7.35. The van der Waals surface area contributed by atoms with Gasteiger partial charge in [0.2, 0.25) is 17.7 Å². The number of hydrogen-bond acceptors (Lipinski definition) is 7. The van der Waals surface area contributed by atoms with Crippen LogP contribution < -0.4 is 5.32 Å². The topological polar surface area (TPSA) is 102 Å². The minimum atomic E-state index is -0.664. The molecular weight excluding hydrogens is 510 g/mol. The Morgan fingerprint density at radius 1 is 0.925 bits per heavy atom. The maximum absolute atomic E-state index is 14.0. The molecule has 3 rings (SSSR count). The van der Waals surface area contributed by atoms with Gasteiger partial charge in [0.1, 0.15) is 12.1 Å². The molecule has 0 aromatic carbocycles. The minimum Gasteiger partial charge on any atom is -0.467 e. The van der Waals surface area contributed by atoms with Crippen LogP contribution in [0.1, 0.15) is 79.6 Å². The first-order valence-electron chi connectivity index (χ1n) is 15.2. The van der Waals surface area contributed by atoms with Crippen molar-refractivity contribution < 1.29 is 23.9 Å². The Kier molecular flexibility index (Phi) is 11.0. The van der Waals surface area contributed by atoms with Crippen LogP contribution in [0.4, 0.5) is 0 Å². The highest BCUT2D eigenvalue weighted by Gasteiger charge is 2.43. The van der Waals surface area contributed by atoms with Gasteiger partial charge >= 0.3 is 5.97 Å². The van der Waals surface area contributed by atoms with E-state index in [0.29, 0.717) is 19.5 Å². The van der Waals surface area contributed by atoms with Crippen LogP contribution >= 0.6 is 0 Å². The van der Waals surface area contributed by atoms with Crippen molar-refractivity contribution in [2.24, 2.45) is 11.3 Å². The van der Waals surface area contributed by atoms with Crippen LogP contribution in [0.25, 0.3) is 0 Å². The largest absolute Gasteiger partial charge is 0.467 e. The lowest BCUT2D eigenvalue weighted by atomic mass is 9.84. The average Bonchev–Trinajstić information content (AvgIpc) is 3.58. The van der Waals surface area contributed by atoms with Crippen LogP contribution in [0, 0.1) is 11.3 Å². The molecule has 0 aromatic heterocycles. The van der Waals surface area contributed by atoms with Gasteiger partial charge in [-0.15, -0.1) is 0 Å². The van der Waals surface area contributed by atoms with Crippen LogP contribution in [0.3, 0.4) is 0 Å². The number of piperidine rings is 1. The molecule has 0 bridgehead atoms. The molecule has 3 saturated heterocycles. The predicted octanol–water partition coefficient (Wildman–Crippen LogP) is 2.11. The molecule has 3 aliphatic heterocycles. The van der Waals surface area contributed by atoms with Gasteiger partial charge in [0, 0.05) is 26.2 Å². The van der Waals surface area contributed by atoms with Gasteiger partial charge in [-0.2, -0.15) is 0 Å². The maximum Gasteiger partial charge on any atom is 0.328 e. The van der Waals surface area contributed by atoms with Gasteiger partial charge in [0.05, 0.1) is 19.2 Å². The SMILES string of the molecule is COC(=O)[C@@H]1CCCN1C(=O)[C@@H]1CCCN1C[C@H](C(C)C)N(C)C(=O)[C@@H](NC(=O)[C@H]1CCCCN1C)C(C)(C)C. The van der Waals surface area contributed by atoms with E-state index in [2.05, 4.69) is 29.0 Å². The third-order valence-corrected chi connectivity index (χ3v) is 9.17. The lowest BCUT2D eigenvalue weighted by Gasteiger charge is -2.41. The quantitative estimate of drug-likeness (QED) is 0.429. The van der Waals surface area contributed by atoms with Crippen LogP contribution in [0.2, 0.25) is 0 Å². The van der Waals surface area contributed by atoms with Crippen molar-refractivity contribution in [2.45, 2.75) is 110 Å². The predicted molar refractivity (Wildman–Crippen MR) is 154 cm³/mol. The first-order valence-corrected chi connectivity index (χ1v) is 15.2. The second-order valence-corrected chi connectivity index (χ2v) is 13.4. The summed E-state index contributed by atoms with van der Waals surface area (Å²) in [5.74, 6) is -0.416. The van der Waals surface area contributed by atoms with Crippen LogP contribution in [0.15, 0.2) is 0 Å². The zero-order valence-corrected chi connectivity index (χ0v) is 26.1. The third-order valence-electron chi connectivity index (χ3n) is 9.17. The summed E-state index contributed by atoms with van der Waals surface area (Å²) in [5.41, 5.74) is -0.472. The summed E-state index contributed by atoms with van der Waals surface area (Å²) in [6.45, 7) is 12.9. The molecule has 5 atom stereocenters. The molecule has 0 aliphatic carbocycles. The van der Waals surface area contributed by atoms with Crippen LogP contribution in [-0.4, -0.2) is 121 Å². The summed E-state index contributed by atoms with van der Waals surface area (Å²) < 4.78 is 4.96. The number of likely N-dealkylation sites (tertiary alicyclic amines) is 3. The molecule has 10 heteroatoms. The van der Waals surface area contributed by atoms with Gasteiger partial charge in [-0.05, 0) is 70.0 Å². The summed E-state index contributed by atoms with van der Waals surface area (Å²) in [5, 5.41) is 3.12. The highest BCUT2D eigenvalue weighted by atomic mass is 16.5. The molecule has 3 fully saturated rings. The van der Waals surface area contributed by atoms with Crippen LogP contribution in [-0.2, 0) is 23.9 Å². The average molecular weight is 564 g/mol. The summed E-state index contributed by atoms with van der Waals surface area (Å²) in [6.07, 6.45) is 5.96. The molecular formula is C30H53N5O5. The number of methoxy groups -OCH3 is 1. The number of nitrogens with zero attached hydrogens (tertiary/aromatic N) is 4. The van der Waals surface area contributed by atoms with E-state index in [9.17, 15) is 19.2 Å². The molecule has 0 radical (unpaired) electrons. The van der Waals surface area contributed by atoms with Crippen LogP contribution in [0.5, 0.6) is 0 Å². The highest BCUT2D eigenvalue weighted by molar-refractivity contribution is 5.91. The van der Waals surface area contributed by atoms with Gasteiger partial charge in [-0.25, -0.2) is 4.79 Å². The Balaban J connectivity index is 1.74. The standard InChI is InChI=1S/C30H53N5O5/c1-20(2)24(19-34-17-11-14-22(34)27(37)35-18-12-15-23(35)29(39)40-8)33(7)28(38)25(30(3,4)5)31-26(36)21-13-9-10-16-32(21)6/h20-25H,9-19H2,1-8H3,(H,31,36)/t21-,22+,23+,24-,25-/m1/s1. The summed E-state index contributed by atoms with van der Waals surface area (Å²) >= 11 is 0. The first kappa shape index (κ1) is 32.3. The van der Waals surface area contributed by atoms with Crippen molar-refractivity contribution in [1.82, 2.24) is 24.9 Å². The Bertz CT molecular complexity index is 919. The highest BCUT2D eigenvalue weighted by Crippen LogP contribution is 2.28. The monoisotopic (exact) mass is 563 g/mol. The summed E-state index contributed by atoms with van der Waals surface area (Å²) in [6, 6.07) is -1.84. The number of esters is 1. The van der Waals surface area contributed by atoms with Crippen molar-refractivity contribution >= 4 is 23.7 Å². The number of carbonyl (C=O) groups excluding carboxylic acids is 4. The first-order chi connectivity index (χ1) is 18.8. The van der Waals surface area contributed by atoms with E-state index in [1.165, 1.54) is 7.11 Å². The number of ether oxygens (including phenoxy) is 1. The molecule has 3 heterocycles. The number of carbonyl (C=O) groups is 4. The van der Waals surface area contributed by atoms with Gasteiger partial charge in [0.25, 0.3) is 0 Å². The second kappa shape index (κ2) is 13.6. The van der Waals surface area contributed by atoms with Gasteiger partial charge in [-0.3, -0.25) is 24.2 Å². The van der Waals surface area contributed by atoms with E-state index in [-0.39, 0.29) is 47.7 Å². The van der Waals surface area contributed by atoms with E-state index in [0.717, 1.165) is 51.6 Å². The number of likely N-dealkylation sites (N-methyl/N-ethyl adjacent to an activating group) is 2. The molecule has 228 valence electrons. The normalized spacial score (nSPS) is 26.0. The van der Waals surface area contributed by atoms with Gasteiger partial charge < -0.3 is 19.9 Å². The van der Waals surface area contributed by atoms with Crippen molar-refractivity contribution in [2.75, 3.05) is 47.4 Å². The van der Waals surface area contributed by atoms with E-state index in [1.54, 1.807) is 9.80 Å². The zero-order chi connectivity index (χ0) is 29.8. The molecule has 0 spiro atoms. The Hall–Kier alpha value is -2.20. The number of amides is 3. The number of rotatable bonds is 9. The van der Waals surface area contributed by atoms with Gasteiger partial charge in [0.15, 0.2) is 0 Å². The van der Waals surface area contributed by atoms with E-state index < -0.39 is 17.5 Å². The Morgan fingerprint density at radius 3 is 2.15 bits per heavy atom. The van der Waals surface area contributed by atoms with Gasteiger partial charge in [-0.1, -0.05) is 41.0 Å². The molecule has 40 heavy (non-hydrogen) atoms. The Labute approximate surface area is 241 Å². The van der Waals surface area contributed by atoms with Crippen molar-refractivity contribution in [3.8, 4) is 0 Å². The fraction of sp³-hybridized carbons (Fsp3) is 0.867. The summed E-state index contributed by atoms with van der Waals surface area (Å²) in [7, 11) is 5.17. The summed E-state index contributed by atoms with van der Waals surface area (Å²) in [4.78, 5) is 61.0. The number of hydrogen-bond donors (Lipinski definition) is 1. The second-order valence-electron chi connectivity index (χ2n) is 13.4. The van der Waals surface area contributed by atoms with Crippen molar-refractivity contribution in [3.63, 3.8) is 0 Å². The van der Waals surface area contributed by atoms with Crippen molar-refractivity contribution in [1.29, 1.82) is 0 Å². The maximum atomic E-state index is 14.0. The fourth-order valence-corrected chi connectivity index (χ4v) is 6.61. The molecule has 0 unspecified atom stereocenters. The molecule has 1 N–H and O–H groups in total. The van der Waals surface area contributed by atoms with E-state index >= 15 is 0 Å². The molecule has 10 nitrogen and oxygen atoms in total. The molecule has 3 aliphatic rings. The Morgan fingerprint density at radius 2 is 1.55 bits per heavy atom. The lowest BCUT2D eigenvalue weighted by Crippen LogP contribution is -2.61. The van der Waals surface area contributed by atoms with Crippen molar-refractivity contribution in [3.05, 3.63) is 0 Å². The lowest BCUT2D eigenvalue weighted by molar-refractivity contribution is -0.152. The minimum absolute atomic E-state index is 0.0154. The number of nitrogens with one attached hydrogen (secondary N) is 1. The molecule has 0 saturated carbocycles. The van der Waals surface area contributed by atoms with E-state index in [4.69, 9.17) is 4.74 Å².